The van der Waals surface area contributed by atoms with Gasteiger partial charge in [-0.2, -0.15) is 5.10 Å². The Morgan fingerprint density at radius 1 is 1.18 bits per heavy atom. The molecule has 8 nitrogen and oxygen atoms in total. The maximum atomic E-state index is 14.0. The van der Waals surface area contributed by atoms with Crippen LogP contribution >= 0.6 is 0 Å². The van der Waals surface area contributed by atoms with Crippen molar-refractivity contribution in [3.8, 4) is 0 Å². The lowest BCUT2D eigenvalue weighted by Gasteiger charge is -2.26. The van der Waals surface area contributed by atoms with Gasteiger partial charge in [-0.25, -0.2) is 0 Å². The first-order valence-corrected chi connectivity index (χ1v) is 15.2. The number of aryl methyl sites for hydroxylation is 1. The van der Waals surface area contributed by atoms with Gasteiger partial charge in [-0.15, -0.1) is 0 Å². The number of Topliss-reactive ketones (excluding diaryl/α,β-unsaturated/α-hetero) is 2. The molecule has 0 radical (unpaired) electrons. The Bertz CT molecular complexity index is 1340. The van der Waals surface area contributed by atoms with Gasteiger partial charge in [-0.1, -0.05) is 46.6 Å². The Morgan fingerprint density at radius 2 is 1.95 bits per heavy atom. The Labute approximate surface area is 237 Å². The van der Waals surface area contributed by atoms with E-state index < -0.39 is 6.04 Å². The highest BCUT2D eigenvalue weighted by molar-refractivity contribution is 6.06. The fourth-order valence-electron chi connectivity index (χ4n) is 7.16. The molecule has 40 heavy (non-hydrogen) atoms. The molecule has 8 heteroatoms. The molecular weight excluding hydrogens is 504 g/mol. The van der Waals surface area contributed by atoms with E-state index in [1.165, 1.54) is 12.5 Å². The fourth-order valence-corrected chi connectivity index (χ4v) is 7.16. The molecule has 3 aliphatic rings. The Balaban J connectivity index is 1.58. The van der Waals surface area contributed by atoms with Crippen molar-refractivity contribution < 1.29 is 19.2 Å². The number of aromatic nitrogens is 2. The summed E-state index contributed by atoms with van der Waals surface area (Å²) in [5.74, 6) is 0.602. The summed E-state index contributed by atoms with van der Waals surface area (Å²) < 4.78 is 1.72. The van der Waals surface area contributed by atoms with Crippen LogP contribution in [0.1, 0.15) is 101 Å². The predicted molar refractivity (Wildman–Crippen MR) is 154 cm³/mol. The molecule has 1 saturated heterocycles. The van der Waals surface area contributed by atoms with E-state index in [-0.39, 0.29) is 47.3 Å². The first kappa shape index (κ1) is 28.5. The highest BCUT2D eigenvalue weighted by Crippen LogP contribution is 2.59. The highest BCUT2D eigenvalue weighted by Gasteiger charge is 2.66. The average Bonchev–Trinajstić information content (AvgIpc) is 3.30. The quantitative estimate of drug-likeness (QED) is 0.549. The molecular formula is C32H44N4O4. The van der Waals surface area contributed by atoms with E-state index in [1.807, 2.05) is 6.92 Å². The van der Waals surface area contributed by atoms with Crippen molar-refractivity contribution in [1.82, 2.24) is 20.0 Å². The monoisotopic (exact) mass is 548 g/mol. The van der Waals surface area contributed by atoms with Gasteiger partial charge >= 0.3 is 0 Å². The number of hydrogen-bond acceptors (Lipinski definition) is 5. The zero-order chi connectivity index (χ0) is 28.8. The summed E-state index contributed by atoms with van der Waals surface area (Å²) in [7, 11) is 0. The number of hydrogen-bond donors (Lipinski definition) is 1. The third-order valence-electron chi connectivity index (χ3n) is 9.24. The molecule has 3 heterocycles. The molecule has 1 N–H and O–H groups in total. The number of benzene rings is 1. The summed E-state index contributed by atoms with van der Waals surface area (Å²) in [4.78, 5) is 54.3. The summed E-state index contributed by atoms with van der Waals surface area (Å²) in [5.41, 5.74) is 3.33. The maximum Gasteiger partial charge on any atom is 0.245 e. The second-order valence-electron chi connectivity index (χ2n) is 13.1. The summed E-state index contributed by atoms with van der Waals surface area (Å²) in [5, 5.41) is 8.67. The Morgan fingerprint density at radius 3 is 2.65 bits per heavy atom. The second kappa shape index (κ2) is 11.1. The van der Waals surface area contributed by atoms with Crippen LogP contribution in [0.4, 0.5) is 0 Å². The number of rotatable bonds is 5. The largest absolute Gasteiger partial charge is 0.355 e. The molecule has 5 rings (SSSR count). The van der Waals surface area contributed by atoms with Crippen molar-refractivity contribution >= 4 is 34.3 Å². The Hall–Kier alpha value is -3.03. The van der Waals surface area contributed by atoms with Gasteiger partial charge in [0.25, 0.3) is 0 Å². The molecule has 2 bridgehead atoms. The number of nitrogens with one attached hydrogen (secondary N) is 1. The summed E-state index contributed by atoms with van der Waals surface area (Å²) in [6.07, 6.45) is 6.86. The van der Waals surface area contributed by atoms with Crippen molar-refractivity contribution in [3.05, 3.63) is 29.0 Å². The summed E-state index contributed by atoms with van der Waals surface area (Å²) in [6.45, 7) is 10.4. The Kier molecular flexibility index (Phi) is 7.90. The van der Waals surface area contributed by atoms with Gasteiger partial charge in [0, 0.05) is 43.2 Å². The first-order chi connectivity index (χ1) is 19.0. The van der Waals surface area contributed by atoms with E-state index in [9.17, 15) is 19.2 Å². The van der Waals surface area contributed by atoms with E-state index in [1.54, 1.807) is 9.58 Å². The van der Waals surface area contributed by atoms with Gasteiger partial charge in [0.15, 0.2) is 11.6 Å². The van der Waals surface area contributed by atoms with Crippen LogP contribution in [0.25, 0.3) is 10.9 Å². The molecule has 216 valence electrons. The van der Waals surface area contributed by atoms with Crippen molar-refractivity contribution in [1.29, 1.82) is 0 Å². The van der Waals surface area contributed by atoms with Gasteiger partial charge in [0.2, 0.25) is 11.8 Å². The van der Waals surface area contributed by atoms with Crippen molar-refractivity contribution in [3.63, 3.8) is 0 Å². The normalized spacial score (nSPS) is 27.4. The molecule has 0 spiro atoms. The number of carbonyl (C=O) groups is 4. The number of piperidine rings is 1. The summed E-state index contributed by atoms with van der Waals surface area (Å²) >= 11 is 0. The summed E-state index contributed by atoms with van der Waals surface area (Å²) in [6, 6.07) is 3.78. The zero-order valence-electron chi connectivity index (χ0n) is 24.7. The smallest absolute Gasteiger partial charge is 0.245 e. The standard InChI is InChI=1S/C32H44N4O4/c1-6-26(38)25-15-32-16-27(32)36(25)29(40)17-35-31-23(10-8-7-9-20(4)12-28(39)33-18-32)13-22(11-19(2)3)14-24(31)30(34-35)21(5)37/h13-14,19-20,25,27H,6-12,15-18H2,1-5H3,(H,33,39)/t20-,25-,27+,32-/m0/s1. The van der Waals surface area contributed by atoms with Gasteiger partial charge in [-0.05, 0) is 61.1 Å². The molecule has 0 unspecified atom stereocenters. The maximum absolute atomic E-state index is 14.0. The van der Waals surface area contributed by atoms with Crippen molar-refractivity contribution in [2.24, 2.45) is 17.3 Å². The molecule has 1 aliphatic carbocycles. The van der Waals surface area contributed by atoms with Crippen LogP contribution in [0.3, 0.4) is 0 Å². The lowest BCUT2D eigenvalue weighted by molar-refractivity contribution is -0.139. The van der Waals surface area contributed by atoms with Crippen LogP contribution in [-0.4, -0.2) is 56.7 Å². The van der Waals surface area contributed by atoms with E-state index in [2.05, 4.69) is 38.2 Å². The minimum atomic E-state index is -0.475. The highest BCUT2D eigenvalue weighted by atomic mass is 16.2. The van der Waals surface area contributed by atoms with Crippen molar-refractivity contribution in [2.75, 3.05) is 6.54 Å². The van der Waals surface area contributed by atoms with Crippen LogP contribution in [0.2, 0.25) is 0 Å². The van der Waals surface area contributed by atoms with E-state index in [4.69, 9.17) is 5.10 Å². The molecule has 2 aliphatic heterocycles. The number of ketones is 2. The molecule has 1 aromatic heterocycles. The minimum absolute atomic E-state index is 0.0101. The van der Waals surface area contributed by atoms with Crippen LogP contribution in [-0.2, 0) is 33.8 Å². The third kappa shape index (κ3) is 5.46. The van der Waals surface area contributed by atoms with E-state index in [0.29, 0.717) is 37.4 Å². The van der Waals surface area contributed by atoms with Crippen LogP contribution in [0.15, 0.2) is 12.1 Å². The van der Waals surface area contributed by atoms with Crippen LogP contribution in [0, 0.1) is 17.3 Å². The fraction of sp³-hybridized carbons (Fsp3) is 0.656. The van der Waals surface area contributed by atoms with Crippen LogP contribution in [0.5, 0.6) is 0 Å². The number of carbonyl (C=O) groups excluding carboxylic acids is 4. The van der Waals surface area contributed by atoms with E-state index in [0.717, 1.165) is 55.0 Å². The number of nitrogens with zero attached hydrogens (tertiary/aromatic N) is 3. The molecule has 2 aromatic rings. The van der Waals surface area contributed by atoms with Gasteiger partial charge in [0.1, 0.15) is 12.2 Å². The zero-order valence-corrected chi connectivity index (χ0v) is 24.7. The predicted octanol–water partition coefficient (Wildman–Crippen LogP) is 4.64. The number of amides is 2. The first-order valence-electron chi connectivity index (χ1n) is 15.2. The van der Waals surface area contributed by atoms with E-state index >= 15 is 0 Å². The average molecular weight is 549 g/mol. The second-order valence-corrected chi connectivity index (χ2v) is 13.1. The molecule has 1 aromatic carbocycles. The lowest BCUT2D eigenvalue weighted by Crippen LogP contribution is -2.44. The van der Waals surface area contributed by atoms with Gasteiger partial charge in [0.05, 0.1) is 11.6 Å². The van der Waals surface area contributed by atoms with Gasteiger partial charge < -0.3 is 10.2 Å². The molecule has 2 amide bonds. The molecule has 4 atom stereocenters. The SMILES string of the molecule is CCC(=O)[C@@H]1C[C@]23CNC(=O)C[C@@H](C)CCCCc4cc(CC(C)C)cc5c(C(C)=O)nn(c45)CC(=O)N1[C@@H]2C3. The van der Waals surface area contributed by atoms with Gasteiger partial charge in [-0.3, -0.25) is 23.9 Å². The van der Waals surface area contributed by atoms with Crippen molar-refractivity contribution in [2.45, 2.75) is 111 Å². The minimum Gasteiger partial charge on any atom is -0.355 e. The topological polar surface area (TPSA) is 101 Å². The molecule has 1 saturated carbocycles. The lowest BCUT2D eigenvalue weighted by atomic mass is 9.93. The third-order valence-corrected chi connectivity index (χ3v) is 9.24. The van der Waals surface area contributed by atoms with Crippen LogP contribution < -0.4 is 5.32 Å². The molecule has 2 fully saturated rings.